The zero-order chi connectivity index (χ0) is 45.8. The van der Waals surface area contributed by atoms with E-state index >= 15 is 0 Å². The van der Waals surface area contributed by atoms with E-state index in [0.717, 1.165) is 77.0 Å². The molecule has 0 aliphatic heterocycles. The predicted octanol–water partition coefficient (Wildman–Crippen LogP) is 17.6. The van der Waals surface area contributed by atoms with Gasteiger partial charge in [0.1, 0.15) is 13.2 Å². The highest BCUT2D eigenvalue weighted by Crippen LogP contribution is 2.15. The summed E-state index contributed by atoms with van der Waals surface area (Å²) >= 11 is 0. The van der Waals surface area contributed by atoms with Crippen LogP contribution < -0.4 is 0 Å². The Bertz CT molecular complexity index is 1150. The Hall–Kier alpha value is -2.89. The van der Waals surface area contributed by atoms with Crippen LogP contribution in [-0.2, 0) is 28.6 Å². The maximum absolute atomic E-state index is 12.8. The van der Waals surface area contributed by atoms with Crippen LogP contribution in [0.3, 0.4) is 0 Å². The molecule has 0 fully saturated rings. The number of hydrogen-bond acceptors (Lipinski definition) is 6. The summed E-state index contributed by atoms with van der Waals surface area (Å²) in [7, 11) is 0. The number of unbranched alkanes of at least 4 members (excludes halogenated alkanes) is 27. The van der Waals surface area contributed by atoms with Crippen LogP contribution in [-0.4, -0.2) is 37.2 Å². The maximum Gasteiger partial charge on any atom is 0.306 e. The third kappa shape index (κ3) is 50.0. The van der Waals surface area contributed by atoms with Crippen LogP contribution in [0.4, 0.5) is 0 Å². The Labute approximate surface area is 390 Å². The fourth-order valence-corrected chi connectivity index (χ4v) is 7.43. The first-order valence-corrected chi connectivity index (χ1v) is 26.8. The molecule has 0 aromatic rings. The van der Waals surface area contributed by atoms with Gasteiger partial charge < -0.3 is 14.2 Å². The van der Waals surface area contributed by atoms with Crippen molar-refractivity contribution in [3.63, 3.8) is 0 Å². The molecule has 0 spiro atoms. The minimum absolute atomic E-state index is 0.0924. The number of rotatable bonds is 48. The van der Waals surface area contributed by atoms with E-state index in [1.807, 2.05) is 0 Å². The summed E-state index contributed by atoms with van der Waals surface area (Å²) in [5.41, 5.74) is 0. The van der Waals surface area contributed by atoms with Crippen molar-refractivity contribution in [1.29, 1.82) is 0 Å². The summed E-state index contributed by atoms with van der Waals surface area (Å²) < 4.78 is 16.8. The van der Waals surface area contributed by atoms with Crippen molar-refractivity contribution >= 4 is 17.9 Å². The minimum atomic E-state index is -0.797. The van der Waals surface area contributed by atoms with Gasteiger partial charge in [-0.1, -0.05) is 223 Å². The second-order valence-electron chi connectivity index (χ2n) is 17.8. The second-order valence-corrected chi connectivity index (χ2v) is 17.8. The highest BCUT2D eigenvalue weighted by atomic mass is 16.6. The SMILES string of the molecule is CCCCCC=CCC=CCC=CCC=CCCCC(=O)OC[C@@H](COC(=O)CCCCCCCCCCCCCCC)OC(=O)CCCCCCCC=CCCCCCCCC. The van der Waals surface area contributed by atoms with Crippen LogP contribution in [0.5, 0.6) is 0 Å². The molecule has 364 valence electrons. The van der Waals surface area contributed by atoms with Crippen molar-refractivity contribution in [2.75, 3.05) is 13.2 Å². The van der Waals surface area contributed by atoms with Gasteiger partial charge in [-0.05, 0) is 83.5 Å². The summed E-state index contributed by atoms with van der Waals surface area (Å²) in [6.45, 7) is 6.56. The lowest BCUT2D eigenvalue weighted by Crippen LogP contribution is -2.30. The number of allylic oxidation sites excluding steroid dienone is 10. The number of esters is 3. The van der Waals surface area contributed by atoms with E-state index in [1.54, 1.807) is 0 Å². The summed E-state index contributed by atoms with van der Waals surface area (Å²) in [4.78, 5) is 38.0. The second kappa shape index (κ2) is 51.7. The molecular formula is C57H100O6. The Morgan fingerprint density at radius 3 is 1.00 bits per heavy atom. The Balaban J connectivity index is 4.46. The van der Waals surface area contributed by atoms with E-state index in [0.29, 0.717) is 19.3 Å². The van der Waals surface area contributed by atoms with E-state index in [1.165, 1.54) is 141 Å². The quantitative estimate of drug-likeness (QED) is 0.0262. The zero-order valence-corrected chi connectivity index (χ0v) is 41.6. The number of carbonyl (C=O) groups is 3. The lowest BCUT2D eigenvalue weighted by molar-refractivity contribution is -0.167. The summed E-state index contributed by atoms with van der Waals surface area (Å²) in [6, 6.07) is 0. The molecule has 0 saturated carbocycles. The molecule has 0 heterocycles. The molecule has 6 heteroatoms. The van der Waals surface area contributed by atoms with Gasteiger partial charge in [0.2, 0.25) is 0 Å². The van der Waals surface area contributed by atoms with Gasteiger partial charge in [-0.25, -0.2) is 0 Å². The lowest BCUT2D eigenvalue weighted by atomic mass is 10.0. The lowest BCUT2D eigenvalue weighted by Gasteiger charge is -2.18. The minimum Gasteiger partial charge on any atom is -0.462 e. The molecule has 0 amide bonds. The van der Waals surface area contributed by atoms with Gasteiger partial charge >= 0.3 is 17.9 Å². The van der Waals surface area contributed by atoms with Gasteiger partial charge in [-0.2, -0.15) is 0 Å². The van der Waals surface area contributed by atoms with Crippen LogP contribution in [0.15, 0.2) is 60.8 Å². The van der Waals surface area contributed by atoms with Crippen molar-refractivity contribution in [3.05, 3.63) is 60.8 Å². The summed E-state index contributed by atoms with van der Waals surface area (Å²) in [5.74, 6) is -0.953. The standard InChI is InChI=1S/C57H100O6/c1-4-7-10-13-16-19-22-25-27-28-30-32-35-38-41-44-47-50-56(59)62-53-54(52-61-55(58)49-46-43-40-37-34-31-24-21-18-15-12-9-6-3)63-57(60)51-48-45-42-39-36-33-29-26-23-20-17-14-11-8-5-2/h16,19,25-27,29-30,32,38,41,54H,4-15,17-18,20-24,28,31,33-37,39-40,42-53H2,1-3H3/t54-/m1/s1. The average molecular weight is 881 g/mol. The van der Waals surface area contributed by atoms with Crippen molar-refractivity contribution in [3.8, 4) is 0 Å². The first-order valence-electron chi connectivity index (χ1n) is 26.8. The molecule has 0 bridgehead atoms. The first-order chi connectivity index (χ1) is 31.0. The van der Waals surface area contributed by atoms with Gasteiger partial charge in [0.25, 0.3) is 0 Å². The predicted molar refractivity (Wildman–Crippen MR) is 270 cm³/mol. The molecule has 0 radical (unpaired) electrons. The van der Waals surface area contributed by atoms with Crippen LogP contribution >= 0.6 is 0 Å². The number of ether oxygens (including phenoxy) is 3. The molecule has 0 aromatic heterocycles. The third-order valence-electron chi connectivity index (χ3n) is 11.5. The van der Waals surface area contributed by atoms with E-state index < -0.39 is 6.10 Å². The van der Waals surface area contributed by atoms with Crippen LogP contribution in [0.25, 0.3) is 0 Å². The van der Waals surface area contributed by atoms with Crippen LogP contribution in [0, 0.1) is 0 Å². The Morgan fingerprint density at radius 1 is 0.317 bits per heavy atom. The number of hydrogen-bond donors (Lipinski definition) is 0. The molecule has 0 N–H and O–H groups in total. The highest BCUT2D eigenvalue weighted by molar-refractivity contribution is 5.71. The van der Waals surface area contributed by atoms with Gasteiger partial charge in [-0.3, -0.25) is 14.4 Å². The smallest absolute Gasteiger partial charge is 0.306 e. The first kappa shape index (κ1) is 60.1. The van der Waals surface area contributed by atoms with Crippen LogP contribution in [0.1, 0.15) is 265 Å². The van der Waals surface area contributed by atoms with Crippen molar-refractivity contribution in [2.24, 2.45) is 0 Å². The molecule has 0 rings (SSSR count). The van der Waals surface area contributed by atoms with Crippen LogP contribution in [0.2, 0.25) is 0 Å². The largest absolute Gasteiger partial charge is 0.462 e. The Kier molecular flexibility index (Phi) is 49.4. The zero-order valence-electron chi connectivity index (χ0n) is 41.6. The van der Waals surface area contributed by atoms with Gasteiger partial charge in [0, 0.05) is 19.3 Å². The molecule has 63 heavy (non-hydrogen) atoms. The van der Waals surface area contributed by atoms with E-state index in [9.17, 15) is 14.4 Å². The molecule has 0 aliphatic carbocycles. The highest BCUT2D eigenvalue weighted by Gasteiger charge is 2.19. The molecule has 0 aromatic carbocycles. The van der Waals surface area contributed by atoms with Gasteiger partial charge in [0.05, 0.1) is 0 Å². The molecular weight excluding hydrogens is 781 g/mol. The average Bonchev–Trinajstić information content (AvgIpc) is 3.28. The van der Waals surface area contributed by atoms with Crippen molar-refractivity contribution < 1.29 is 28.6 Å². The summed E-state index contributed by atoms with van der Waals surface area (Å²) in [6.07, 6.45) is 63.5. The Morgan fingerprint density at radius 2 is 0.587 bits per heavy atom. The summed E-state index contributed by atoms with van der Waals surface area (Å²) in [5, 5.41) is 0. The van der Waals surface area contributed by atoms with E-state index in [-0.39, 0.29) is 37.5 Å². The van der Waals surface area contributed by atoms with E-state index in [2.05, 4.69) is 81.5 Å². The maximum atomic E-state index is 12.8. The van der Waals surface area contributed by atoms with E-state index in [4.69, 9.17) is 14.2 Å². The monoisotopic (exact) mass is 881 g/mol. The molecule has 0 saturated heterocycles. The van der Waals surface area contributed by atoms with Crippen molar-refractivity contribution in [2.45, 2.75) is 271 Å². The topological polar surface area (TPSA) is 78.9 Å². The van der Waals surface area contributed by atoms with Crippen molar-refractivity contribution in [1.82, 2.24) is 0 Å². The number of carbonyl (C=O) groups excluding carboxylic acids is 3. The fourth-order valence-electron chi connectivity index (χ4n) is 7.43. The normalized spacial score (nSPS) is 12.5. The molecule has 0 unspecified atom stereocenters. The third-order valence-corrected chi connectivity index (χ3v) is 11.5. The molecule has 0 aliphatic rings. The van der Waals surface area contributed by atoms with Gasteiger partial charge in [-0.15, -0.1) is 0 Å². The fraction of sp³-hybridized carbons (Fsp3) is 0.772. The molecule has 1 atom stereocenters. The molecule has 6 nitrogen and oxygen atoms in total. The van der Waals surface area contributed by atoms with Gasteiger partial charge in [0.15, 0.2) is 6.10 Å².